The SMILES string of the molecule is Cc1ccccc1[N+]12C[N+](C(C)C)(c3ccccc31)C2C. The Labute approximate surface area is 127 Å². The van der Waals surface area contributed by atoms with Crippen molar-refractivity contribution in [1.82, 2.24) is 8.97 Å². The zero-order valence-electron chi connectivity index (χ0n) is 13.4. The van der Waals surface area contributed by atoms with Crippen molar-refractivity contribution < 1.29 is 0 Å². The molecule has 3 aliphatic rings. The van der Waals surface area contributed by atoms with Gasteiger partial charge in [-0.05, 0) is 20.8 Å². The molecule has 0 radical (unpaired) electrons. The van der Waals surface area contributed by atoms with Gasteiger partial charge in [0.05, 0.1) is 6.04 Å². The Morgan fingerprint density at radius 2 is 1.48 bits per heavy atom. The number of benzene rings is 2. The molecule has 3 unspecified atom stereocenters. The highest BCUT2D eigenvalue weighted by molar-refractivity contribution is 5.83. The third-order valence-corrected chi connectivity index (χ3v) is 5.99. The predicted molar refractivity (Wildman–Crippen MR) is 90.3 cm³/mol. The fourth-order valence-corrected chi connectivity index (χ4v) is 4.86. The fourth-order valence-electron chi connectivity index (χ4n) is 4.86. The molecule has 1 saturated heterocycles. The van der Waals surface area contributed by atoms with E-state index in [0.29, 0.717) is 12.2 Å². The fraction of sp³-hybridized carbons (Fsp3) is 0.368. The van der Waals surface area contributed by atoms with Gasteiger partial charge in [0.2, 0.25) is 24.2 Å². The molecule has 0 aromatic heterocycles. The topological polar surface area (TPSA) is 0 Å². The molecule has 0 amide bonds. The second kappa shape index (κ2) is 3.96. The Kier molecular flexibility index (Phi) is 2.46. The van der Waals surface area contributed by atoms with E-state index in [4.69, 9.17) is 0 Å². The number of nitrogens with zero attached hydrogens (tertiary/aromatic N) is 2. The van der Waals surface area contributed by atoms with Crippen LogP contribution in [0.25, 0.3) is 0 Å². The smallest absolute Gasteiger partial charge is 0.188 e. The van der Waals surface area contributed by atoms with Gasteiger partial charge in [0.15, 0.2) is 5.69 Å². The Bertz CT molecular complexity index is 721. The highest BCUT2D eigenvalue weighted by Gasteiger charge is 2.76. The first kappa shape index (κ1) is 13.1. The van der Waals surface area contributed by atoms with Gasteiger partial charge in [-0.25, -0.2) is 0 Å². The molecule has 2 bridgehead atoms. The molecule has 3 heterocycles. The van der Waals surface area contributed by atoms with Crippen molar-refractivity contribution in [3.05, 3.63) is 54.1 Å². The maximum absolute atomic E-state index is 2.43. The van der Waals surface area contributed by atoms with Crippen LogP contribution in [0.5, 0.6) is 0 Å². The lowest BCUT2D eigenvalue weighted by Gasteiger charge is -2.55. The first-order valence-corrected chi connectivity index (χ1v) is 7.96. The second-order valence-corrected chi connectivity index (χ2v) is 6.94. The van der Waals surface area contributed by atoms with Crippen molar-refractivity contribution in [3.8, 4) is 0 Å². The lowest BCUT2D eigenvalue weighted by Crippen LogP contribution is -2.82. The molecule has 2 aromatic rings. The maximum Gasteiger partial charge on any atom is 0.237 e. The van der Waals surface area contributed by atoms with Crippen molar-refractivity contribution >= 4 is 17.1 Å². The summed E-state index contributed by atoms with van der Waals surface area (Å²) in [5.74, 6) is 0. The lowest BCUT2D eigenvalue weighted by molar-refractivity contribution is -0.0347. The van der Waals surface area contributed by atoms with E-state index in [0.717, 1.165) is 8.97 Å². The normalized spacial score (nSPS) is 32.9. The van der Waals surface area contributed by atoms with Gasteiger partial charge in [0, 0.05) is 30.7 Å². The van der Waals surface area contributed by atoms with Crippen molar-refractivity contribution in [3.63, 3.8) is 0 Å². The molecule has 3 atom stereocenters. The van der Waals surface area contributed by atoms with E-state index in [1.165, 1.54) is 29.3 Å². The molecule has 0 spiro atoms. The number of para-hydroxylation sites is 3. The summed E-state index contributed by atoms with van der Waals surface area (Å²) in [6, 6.07) is 18.6. The number of quaternary nitrogens is 2. The van der Waals surface area contributed by atoms with Gasteiger partial charge in [-0.3, -0.25) is 0 Å². The van der Waals surface area contributed by atoms with Crippen LogP contribution < -0.4 is 8.97 Å². The standard InChI is InChI=1S/C19H24N2/c1-14(2)20-13-21(16(20)4,17-10-6-5-9-15(17)3)19-12-8-7-11-18(19)20/h5-12,14,16H,13H2,1-4H3/q+2. The van der Waals surface area contributed by atoms with Crippen molar-refractivity contribution in [1.29, 1.82) is 0 Å². The molecule has 2 heteroatoms. The number of aryl methyl sites for hydroxylation is 1. The summed E-state index contributed by atoms with van der Waals surface area (Å²) < 4.78 is 2.16. The molecule has 0 N–H and O–H groups in total. The maximum atomic E-state index is 2.43. The highest BCUT2D eigenvalue weighted by atomic mass is 15.8. The number of rotatable bonds is 2. The summed E-state index contributed by atoms with van der Waals surface area (Å²) in [5.41, 5.74) is 5.92. The van der Waals surface area contributed by atoms with Crippen LogP contribution in [0.2, 0.25) is 0 Å². The molecule has 0 aliphatic carbocycles. The minimum atomic E-state index is 0.573. The molecular weight excluding hydrogens is 256 g/mol. The van der Waals surface area contributed by atoms with Gasteiger partial charge < -0.3 is 0 Å². The molecule has 3 aliphatic heterocycles. The van der Waals surface area contributed by atoms with Crippen LogP contribution in [0.3, 0.4) is 0 Å². The van der Waals surface area contributed by atoms with E-state index in [1.807, 2.05) is 0 Å². The van der Waals surface area contributed by atoms with Crippen molar-refractivity contribution in [2.45, 2.75) is 39.9 Å². The Balaban J connectivity index is 2.00. The van der Waals surface area contributed by atoms with Gasteiger partial charge >= 0.3 is 0 Å². The van der Waals surface area contributed by atoms with Gasteiger partial charge in [0.1, 0.15) is 0 Å². The summed E-state index contributed by atoms with van der Waals surface area (Å²) >= 11 is 0. The largest absolute Gasteiger partial charge is 0.237 e. The Hall–Kier alpha value is -1.64. The van der Waals surface area contributed by atoms with Crippen LogP contribution in [-0.2, 0) is 0 Å². The highest BCUT2D eigenvalue weighted by Crippen LogP contribution is 2.63. The van der Waals surface area contributed by atoms with Gasteiger partial charge in [-0.2, -0.15) is 8.97 Å². The van der Waals surface area contributed by atoms with E-state index in [2.05, 4.69) is 76.2 Å². The molecule has 2 aromatic carbocycles. The minimum absolute atomic E-state index is 0.573. The average molecular weight is 280 g/mol. The first-order chi connectivity index (χ1) is 10.0. The van der Waals surface area contributed by atoms with E-state index in [-0.39, 0.29) is 0 Å². The zero-order chi connectivity index (χ0) is 14.8. The third kappa shape index (κ3) is 1.26. The van der Waals surface area contributed by atoms with Crippen LogP contribution in [-0.4, -0.2) is 18.9 Å². The zero-order valence-corrected chi connectivity index (χ0v) is 13.4. The number of hydrogen-bond acceptors (Lipinski definition) is 0. The van der Waals surface area contributed by atoms with Crippen LogP contribution in [0.1, 0.15) is 26.3 Å². The van der Waals surface area contributed by atoms with Crippen LogP contribution in [0, 0.1) is 6.92 Å². The molecule has 0 saturated carbocycles. The lowest BCUT2D eigenvalue weighted by atomic mass is 10.0. The van der Waals surface area contributed by atoms with Gasteiger partial charge in [0.25, 0.3) is 0 Å². The third-order valence-electron chi connectivity index (χ3n) is 5.99. The summed E-state index contributed by atoms with van der Waals surface area (Å²) in [7, 11) is 0. The molecule has 1 fully saturated rings. The van der Waals surface area contributed by atoms with Crippen LogP contribution >= 0.6 is 0 Å². The molecular formula is C19H24N2+2. The summed E-state index contributed by atoms with van der Waals surface area (Å²) in [5, 5.41) is 0. The van der Waals surface area contributed by atoms with Crippen LogP contribution in [0.4, 0.5) is 17.1 Å². The summed E-state index contributed by atoms with van der Waals surface area (Å²) in [6.45, 7) is 10.6. The monoisotopic (exact) mass is 280 g/mol. The summed E-state index contributed by atoms with van der Waals surface area (Å²) in [6.07, 6.45) is 0.573. The predicted octanol–water partition coefficient (Wildman–Crippen LogP) is 4.68. The van der Waals surface area contributed by atoms with Gasteiger partial charge in [-0.1, -0.05) is 30.3 Å². The first-order valence-electron chi connectivity index (χ1n) is 7.96. The Morgan fingerprint density at radius 1 is 0.905 bits per heavy atom. The molecule has 21 heavy (non-hydrogen) atoms. The molecule has 108 valence electrons. The van der Waals surface area contributed by atoms with E-state index >= 15 is 0 Å². The minimum Gasteiger partial charge on any atom is -0.188 e. The van der Waals surface area contributed by atoms with E-state index in [9.17, 15) is 0 Å². The Morgan fingerprint density at radius 3 is 2.05 bits per heavy atom. The summed E-state index contributed by atoms with van der Waals surface area (Å²) in [4.78, 5) is 0. The van der Waals surface area contributed by atoms with Crippen molar-refractivity contribution in [2.75, 3.05) is 6.67 Å². The van der Waals surface area contributed by atoms with Crippen LogP contribution in [0.15, 0.2) is 48.5 Å². The van der Waals surface area contributed by atoms with E-state index in [1.54, 1.807) is 0 Å². The van der Waals surface area contributed by atoms with E-state index < -0.39 is 0 Å². The average Bonchev–Trinajstić information content (AvgIpc) is 2.91. The number of hydrogen-bond donors (Lipinski definition) is 0. The molecule has 2 nitrogen and oxygen atoms in total. The van der Waals surface area contributed by atoms with Gasteiger partial charge in [-0.15, -0.1) is 0 Å². The second-order valence-electron chi connectivity index (χ2n) is 6.94. The quantitative estimate of drug-likeness (QED) is 0.701. The molecule has 5 rings (SSSR count). The van der Waals surface area contributed by atoms with Crippen molar-refractivity contribution in [2.24, 2.45) is 0 Å².